The average molecular weight is 223 g/mol. The van der Waals surface area contributed by atoms with Gasteiger partial charge >= 0.3 is 5.97 Å². The van der Waals surface area contributed by atoms with Crippen molar-refractivity contribution >= 4 is 5.97 Å². The summed E-state index contributed by atoms with van der Waals surface area (Å²) >= 11 is 0. The van der Waals surface area contributed by atoms with E-state index in [-0.39, 0.29) is 12.0 Å². The van der Waals surface area contributed by atoms with Crippen LogP contribution in [-0.4, -0.2) is 39.2 Å². The molecule has 88 valence electrons. The molecule has 0 saturated heterocycles. The second-order valence-corrected chi connectivity index (χ2v) is 3.66. The molecule has 0 aromatic heterocycles. The molecular weight excluding hydrogens is 206 g/mol. The van der Waals surface area contributed by atoms with Gasteiger partial charge in [-0.2, -0.15) is 0 Å². The van der Waals surface area contributed by atoms with Crippen LogP contribution in [0.1, 0.15) is 11.6 Å². The van der Waals surface area contributed by atoms with Crippen LogP contribution in [0.2, 0.25) is 0 Å². The maximum absolute atomic E-state index is 11.6. The minimum atomic E-state index is -0.379. The second-order valence-electron chi connectivity index (χ2n) is 3.66. The lowest BCUT2D eigenvalue weighted by molar-refractivity contribution is -0.146. The molecule has 0 bridgehead atoms. The van der Waals surface area contributed by atoms with Gasteiger partial charge in [0, 0.05) is 0 Å². The number of hydrogen-bond acceptors (Lipinski definition) is 4. The number of benzene rings is 1. The molecule has 0 N–H and O–H groups in total. The molecule has 0 radical (unpaired) electrons. The van der Waals surface area contributed by atoms with Crippen LogP contribution in [-0.2, 0) is 9.53 Å². The molecule has 4 nitrogen and oxygen atoms in total. The highest BCUT2D eigenvalue weighted by Gasteiger charge is 2.23. The van der Waals surface area contributed by atoms with Crippen molar-refractivity contribution in [1.29, 1.82) is 0 Å². The molecule has 0 fully saturated rings. The van der Waals surface area contributed by atoms with Crippen molar-refractivity contribution in [1.82, 2.24) is 4.90 Å². The van der Waals surface area contributed by atoms with E-state index in [9.17, 15) is 4.79 Å². The lowest BCUT2D eigenvalue weighted by atomic mass is 10.1. The third-order valence-corrected chi connectivity index (χ3v) is 2.37. The number of nitrogens with zero attached hydrogens (tertiary/aromatic N) is 1. The van der Waals surface area contributed by atoms with Gasteiger partial charge in [-0.1, -0.05) is 12.1 Å². The molecule has 1 atom stereocenters. The molecule has 0 saturated carbocycles. The number of methoxy groups -OCH3 is 2. The minimum absolute atomic E-state index is 0.268. The fourth-order valence-electron chi connectivity index (χ4n) is 1.54. The molecule has 1 aromatic rings. The summed E-state index contributed by atoms with van der Waals surface area (Å²) in [4.78, 5) is 13.4. The number of ether oxygens (including phenoxy) is 2. The zero-order valence-electron chi connectivity index (χ0n) is 10.1. The van der Waals surface area contributed by atoms with Crippen molar-refractivity contribution in [3.63, 3.8) is 0 Å². The molecule has 0 aliphatic heterocycles. The first kappa shape index (κ1) is 12.5. The Morgan fingerprint density at radius 3 is 2.12 bits per heavy atom. The lowest BCUT2D eigenvalue weighted by Gasteiger charge is -2.22. The largest absolute Gasteiger partial charge is 0.497 e. The monoisotopic (exact) mass is 223 g/mol. The number of likely N-dealkylation sites (N-methyl/N-ethyl adjacent to an activating group) is 1. The van der Waals surface area contributed by atoms with Crippen molar-refractivity contribution in [3.05, 3.63) is 29.8 Å². The highest BCUT2D eigenvalue weighted by Crippen LogP contribution is 2.22. The Kier molecular flexibility index (Phi) is 4.31. The van der Waals surface area contributed by atoms with Crippen molar-refractivity contribution in [3.8, 4) is 5.75 Å². The zero-order valence-corrected chi connectivity index (χ0v) is 10.1. The number of hydrogen-bond donors (Lipinski definition) is 0. The van der Waals surface area contributed by atoms with Crippen LogP contribution < -0.4 is 4.74 Å². The Morgan fingerprint density at radius 2 is 1.75 bits per heavy atom. The van der Waals surface area contributed by atoms with E-state index < -0.39 is 0 Å². The minimum Gasteiger partial charge on any atom is -0.497 e. The first-order chi connectivity index (χ1) is 7.60. The standard InChI is InChI=1S/C12H17NO3/c1-13(2)11(12(14)16-4)9-5-7-10(15-3)8-6-9/h5-8,11H,1-4H3. The number of esters is 1. The fourth-order valence-corrected chi connectivity index (χ4v) is 1.54. The van der Waals surface area contributed by atoms with Crippen molar-refractivity contribution in [2.24, 2.45) is 0 Å². The molecule has 0 aliphatic rings. The van der Waals surface area contributed by atoms with Gasteiger partial charge in [0.15, 0.2) is 0 Å². The topological polar surface area (TPSA) is 38.8 Å². The highest BCUT2D eigenvalue weighted by atomic mass is 16.5. The maximum Gasteiger partial charge on any atom is 0.327 e. The van der Waals surface area contributed by atoms with Gasteiger partial charge in [0.1, 0.15) is 11.8 Å². The smallest absolute Gasteiger partial charge is 0.327 e. The summed E-state index contributed by atoms with van der Waals surface area (Å²) in [7, 11) is 6.68. The van der Waals surface area contributed by atoms with Crippen LogP contribution in [0.25, 0.3) is 0 Å². The Morgan fingerprint density at radius 1 is 1.19 bits per heavy atom. The van der Waals surface area contributed by atoms with Crippen LogP contribution in [0.15, 0.2) is 24.3 Å². The molecule has 1 aromatic carbocycles. The van der Waals surface area contributed by atoms with Gasteiger partial charge in [-0.25, -0.2) is 4.79 Å². The molecule has 0 amide bonds. The van der Waals surface area contributed by atoms with Crippen molar-refractivity contribution in [2.75, 3.05) is 28.3 Å². The molecule has 4 heteroatoms. The summed E-state index contributed by atoms with van der Waals surface area (Å²) < 4.78 is 9.84. The van der Waals surface area contributed by atoms with Gasteiger partial charge in [0.05, 0.1) is 14.2 Å². The summed E-state index contributed by atoms with van der Waals surface area (Å²) in [6.45, 7) is 0. The van der Waals surface area contributed by atoms with E-state index in [0.717, 1.165) is 11.3 Å². The van der Waals surface area contributed by atoms with Crippen molar-refractivity contribution in [2.45, 2.75) is 6.04 Å². The third kappa shape index (κ3) is 2.73. The van der Waals surface area contributed by atoms with Gasteiger partial charge in [-0.05, 0) is 31.8 Å². The average Bonchev–Trinajstić information content (AvgIpc) is 2.29. The Hall–Kier alpha value is -1.55. The van der Waals surface area contributed by atoms with Crippen LogP contribution in [0, 0.1) is 0 Å². The van der Waals surface area contributed by atoms with Crippen molar-refractivity contribution < 1.29 is 14.3 Å². The van der Waals surface area contributed by atoms with E-state index in [4.69, 9.17) is 9.47 Å². The number of rotatable bonds is 4. The molecule has 1 unspecified atom stereocenters. The van der Waals surface area contributed by atoms with Gasteiger partial charge in [0.2, 0.25) is 0 Å². The van der Waals surface area contributed by atoms with Crippen LogP contribution in [0.4, 0.5) is 0 Å². The van der Waals surface area contributed by atoms with Gasteiger partial charge in [-0.15, -0.1) is 0 Å². The second kappa shape index (κ2) is 5.51. The summed E-state index contributed by atoms with van der Waals surface area (Å²) in [6.07, 6.45) is 0. The lowest BCUT2D eigenvalue weighted by Crippen LogP contribution is -2.28. The predicted octanol–water partition coefficient (Wildman–Crippen LogP) is 1.47. The zero-order chi connectivity index (χ0) is 12.1. The van der Waals surface area contributed by atoms with E-state index in [0.29, 0.717) is 0 Å². The third-order valence-electron chi connectivity index (χ3n) is 2.37. The summed E-state index contributed by atoms with van der Waals surface area (Å²) in [5.74, 6) is 0.501. The van der Waals surface area contributed by atoms with Gasteiger partial charge in [0.25, 0.3) is 0 Å². The fraction of sp³-hybridized carbons (Fsp3) is 0.417. The SMILES string of the molecule is COC(=O)C(c1ccc(OC)cc1)N(C)C. The number of carbonyl (C=O) groups is 1. The Labute approximate surface area is 95.8 Å². The molecule has 0 aliphatic carbocycles. The first-order valence-corrected chi connectivity index (χ1v) is 4.98. The van der Waals surface area contributed by atoms with E-state index in [1.165, 1.54) is 7.11 Å². The van der Waals surface area contributed by atoms with E-state index >= 15 is 0 Å². The first-order valence-electron chi connectivity index (χ1n) is 4.98. The Balaban J connectivity index is 2.97. The molecule has 16 heavy (non-hydrogen) atoms. The predicted molar refractivity (Wildman–Crippen MR) is 61.4 cm³/mol. The molecular formula is C12H17NO3. The summed E-state index contributed by atoms with van der Waals surface area (Å²) in [5, 5.41) is 0. The number of carbonyl (C=O) groups excluding carboxylic acids is 1. The van der Waals surface area contributed by atoms with E-state index in [2.05, 4.69) is 0 Å². The highest BCUT2D eigenvalue weighted by molar-refractivity contribution is 5.77. The van der Waals surface area contributed by atoms with Crippen LogP contribution in [0.5, 0.6) is 5.75 Å². The normalized spacial score (nSPS) is 12.3. The maximum atomic E-state index is 11.6. The van der Waals surface area contributed by atoms with Crippen LogP contribution >= 0.6 is 0 Å². The Bertz CT molecular complexity index is 346. The molecule has 1 rings (SSSR count). The quantitative estimate of drug-likeness (QED) is 0.725. The van der Waals surface area contributed by atoms with Gasteiger partial charge in [-0.3, -0.25) is 4.90 Å². The van der Waals surface area contributed by atoms with E-state index in [1.54, 1.807) is 7.11 Å². The molecule has 0 spiro atoms. The van der Waals surface area contributed by atoms with Crippen LogP contribution in [0.3, 0.4) is 0 Å². The summed E-state index contributed by atoms with van der Waals surface area (Å²) in [6, 6.07) is 7.00. The molecule has 0 heterocycles. The van der Waals surface area contributed by atoms with Gasteiger partial charge < -0.3 is 9.47 Å². The van der Waals surface area contributed by atoms with E-state index in [1.807, 2.05) is 43.3 Å². The summed E-state index contributed by atoms with van der Waals surface area (Å²) in [5.41, 5.74) is 0.887.